The molecule has 130 valence electrons. The van der Waals surface area contributed by atoms with E-state index in [2.05, 4.69) is 84.2 Å². The Hall–Kier alpha value is -2.15. The van der Waals surface area contributed by atoms with Crippen molar-refractivity contribution in [2.45, 2.75) is 53.9 Å². The number of rotatable bonds is 3. The average Bonchev–Trinajstić information content (AvgIpc) is 2.53. The van der Waals surface area contributed by atoms with E-state index in [1.54, 1.807) is 0 Å². The first-order chi connectivity index (χ1) is 11.8. The first kappa shape index (κ1) is 17.7. The molecule has 0 bridgehead atoms. The van der Waals surface area contributed by atoms with Crippen LogP contribution in [0.15, 0.2) is 48.2 Å². The van der Waals surface area contributed by atoms with Crippen molar-refractivity contribution >= 4 is 5.57 Å². The molecular formula is C24H29N. The molecule has 25 heavy (non-hydrogen) atoms. The van der Waals surface area contributed by atoms with E-state index in [0.717, 1.165) is 12.1 Å². The second-order valence-electron chi connectivity index (χ2n) is 7.92. The van der Waals surface area contributed by atoms with Crippen molar-refractivity contribution in [2.75, 3.05) is 0 Å². The predicted molar refractivity (Wildman–Crippen MR) is 109 cm³/mol. The van der Waals surface area contributed by atoms with Crippen molar-refractivity contribution in [3.63, 3.8) is 0 Å². The largest absolute Gasteiger partial charge is 0.256 e. The Kier molecular flexibility index (Phi) is 4.94. The average molecular weight is 332 g/mol. The van der Waals surface area contributed by atoms with Gasteiger partial charge in [-0.1, -0.05) is 56.2 Å². The van der Waals surface area contributed by atoms with Crippen LogP contribution in [0.5, 0.6) is 0 Å². The third kappa shape index (κ3) is 3.76. The molecule has 0 saturated heterocycles. The zero-order valence-corrected chi connectivity index (χ0v) is 16.4. The second kappa shape index (κ2) is 7.00. The first-order valence-corrected chi connectivity index (χ1v) is 9.32. The lowest BCUT2D eigenvalue weighted by molar-refractivity contribution is 0.710. The molecule has 1 heteroatoms. The van der Waals surface area contributed by atoms with Gasteiger partial charge in [-0.05, 0) is 67.9 Å². The lowest BCUT2D eigenvalue weighted by Gasteiger charge is -2.19. The SMILES string of the molecule is CC1=CC(c2cnc(-c3cc(C)ccc3C(C)C)cc2C)=CC(C)C1. The Labute approximate surface area is 152 Å². The summed E-state index contributed by atoms with van der Waals surface area (Å²) in [6, 6.07) is 8.96. The van der Waals surface area contributed by atoms with Crippen LogP contribution < -0.4 is 0 Å². The fourth-order valence-electron chi connectivity index (χ4n) is 3.81. The van der Waals surface area contributed by atoms with Gasteiger partial charge >= 0.3 is 0 Å². The smallest absolute Gasteiger partial charge is 0.0708 e. The van der Waals surface area contributed by atoms with Crippen LogP contribution in [-0.4, -0.2) is 4.98 Å². The second-order valence-corrected chi connectivity index (χ2v) is 7.92. The Morgan fingerprint density at radius 1 is 1.04 bits per heavy atom. The lowest BCUT2D eigenvalue weighted by atomic mass is 9.87. The zero-order valence-electron chi connectivity index (χ0n) is 16.4. The molecule has 3 rings (SSSR count). The van der Waals surface area contributed by atoms with Gasteiger partial charge in [0.05, 0.1) is 5.69 Å². The third-order valence-corrected chi connectivity index (χ3v) is 5.04. The maximum Gasteiger partial charge on any atom is 0.0708 e. The van der Waals surface area contributed by atoms with Crippen LogP contribution in [0.1, 0.15) is 62.3 Å². The van der Waals surface area contributed by atoms with Gasteiger partial charge in [-0.3, -0.25) is 4.98 Å². The fourth-order valence-corrected chi connectivity index (χ4v) is 3.81. The van der Waals surface area contributed by atoms with Crippen molar-refractivity contribution in [3.8, 4) is 11.3 Å². The standard InChI is InChI=1S/C24H29N/c1-15(2)21-8-7-16(3)12-22(21)24-13-19(6)23(14-25-24)20-10-17(4)9-18(5)11-20/h7-8,10-15,17H,9H2,1-6H3. The number of allylic oxidation sites excluding steroid dienone is 4. The van der Waals surface area contributed by atoms with Crippen molar-refractivity contribution in [1.82, 2.24) is 4.98 Å². The molecule has 1 atom stereocenters. The minimum Gasteiger partial charge on any atom is -0.256 e. The third-order valence-electron chi connectivity index (χ3n) is 5.04. The highest BCUT2D eigenvalue weighted by Crippen LogP contribution is 2.33. The van der Waals surface area contributed by atoms with E-state index < -0.39 is 0 Å². The molecule has 0 N–H and O–H groups in total. The molecule has 1 aliphatic carbocycles. The highest BCUT2D eigenvalue weighted by Gasteiger charge is 2.15. The summed E-state index contributed by atoms with van der Waals surface area (Å²) in [7, 11) is 0. The van der Waals surface area contributed by atoms with Crippen LogP contribution in [0.25, 0.3) is 16.8 Å². The number of hydrogen-bond acceptors (Lipinski definition) is 1. The molecule has 2 aromatic rings. The highest BCUT2D eigenvalue weighted by atomic mass is 14.7. The molecule has 0 saturated carbocycles. The van der Waals surface area contributed by atoms with E-state index in [4.69, 9.17) is 4.98 Å². The number of pyridine rings is 1. The van der Waals surface area contributed by atoms with Gasteiger partial charge in [-0.2, -0.15) is 0 Å². The number of nitrogens with zero attached hydrogens (tertiary/aromatic N) is 1. The summed E-state index contributed by atoms with van der Waals surface area (Å²) in [6.45, 7) is 13.4. The molecule has 0 aliphatic heterocycles. The molecular weight excluding hydrogens is 302 g/mol. The molecule has 1 aromatic heterocycles. The summed E-state index contributed by atoms with van der Waals surface area (Å²) in [4.78, 5) is 4.85. The van der Waals surface area contributed by atoms with E-state index in [1.165, 1.54) is 39.0 Å². The van der Waals surface area contributed by atoms with E-state index in [0.29, 0.717) is 11.8 Å². The first-order valence-electron chi connectivity index (χ1n) is 9.32. The zero-order chi connectivity index (χ0) is 18.1. The van der Waals surface area contributed by atoms with Crippen LogP contribution in [-0.2, 0) is 0 Å². The summed E-state index contributed by atoms with van der Waals surface area (Å²) in [6.07, 6.45) is 7.92. The molecule has 1 aliphatic rings. The van der Waals surface area contributed by atoms with E-state index in [-0.39, 0.29) is 0 Å². The van der Waals surface area contributed by atoms with Gasteiger partial charge < -0.3 is 0 Å². The van der Waals surface area contributed by atoms with Crippen LogP contribution in [0.4, 0.5) is 0 Å². The highest BCUT2D eigenvalue weighted by molar-refractivity contribution is 5.79. The van der Waals surface area contributed by atoms with Gasteiger partial charge in [-0.25, -0.2) is 0 Å². The van der Waals surface area contributed by atoms with Gasteiger partial charge in [0.1, 0.15) is 0 Å². The lowest BCUT2D eigenvalue weighted by Crippen LogP contribution is -2.02. The van der Waals surface area contributed by atoms with Crippen LogP contribution in [0.3, 0.4) is 0 Å². The maximum absolute atomic E-state index is 4.85. The quantitative estimate of drug-likeness (QED) is 0.598. The van der Waals surface area contributed by atoms with Gasteiger partial charge in [0, 0.05) is 17.3 Å². The monoisotopic (exact) mass is 331 g/mol. The molecule has 1 nitrogen and oxygen atoms in total. The summed E-state index contributed by atoms with van der Waals surface area (Å²) in [5, 5.41) is 0. The summed E-state index contributed by atoms with van der Waals surface area (Å²) in [5.41, 5.74) is 10.3. The Morgan fingerprint density at radius 2 is 1.80 bits per heavy atom. The molecule has 1 unspecified atom stereocenters. The van der Waals surface area contributed by atoms with Crippen molar-refractivity contribution in [3.05, 3.63) is 70.4 Å². The molecule has 0 amide bonds. The summed E-state index contributed by atoms with van der Waals surface area (Å²) < 4.78 is 0. The summed E-state index contributed by atoms with van der Waals surface area (Å²) >= 11 is 0. The Balaban J connectivity index is 2.06. The predicted octanol–water partition coefficient (Wildman–Crippen LogP) is 6.86. The molecule has 0 radical (unpaired) electrons. The minimum absolute atomic E-state index is 0.491. The van der Waals surface area contributed by atoms with Gasteiger partial charge in [0.2, 0.25) is 0 Å². The fraction of sp³-hybridized carbons (Fsp3) is 0.375. The topological polar surface area (TPSA) is 12.9 Å². The summed E-state index contributed by atoms with van der Waals surface area (Å²) in [5.74, 6) is 1.09. The Bertz CT molecular complexity index is 852. The van der Waals surface area contributed by atoms with Gasteiger partial charge in [0.15, 0.2) is 0 Å². The Morgan fingerprint density at radius 3 is 2.44 bits per heavy atom. The maximum atomic E-state index is 4.85. The van der Waals surface area contributed by atoms with Crippen molar-refractivity contribution in [1.29, 1.82) is 0 Å². The normalized spacial score (nSPS) is 17.5. The van der Waals surface area contributed by atoms with Gasteiger partial charge in [-0.15, -0.1) is 0 Å². The molecule has 1 heterocycles. The van der Waals surface area contributed by atoms with Crippen molar-refractivity contribution < 1.29 is 0 Å². The number of aryl methyl sites for hydroxylation is 2. The molecule has 1 aromatic carbocycles. The molecule has 0 fully saturated rings. The van der Waals surface area contributed by atoms with E-state index in [1.807, 2.05) is 0 Å². The number of benzene rings is 1. The van der Waals surface area contributed by atoms with E-state index in [9.17, 15) is 0 Å². The number of aromatic nitrogens is 1. The molecule has 0 spiro atoms. The van der Waals surface area contributed by atoms with Crippen LogP contribution in [0, 0.1) is 19.8 Å². The number of hydrogen-bond donors (Lipinski definition) is 0. The van der Waals surface area contributed by atoms with E-state index >= 15 is 0 Å². The van der Waals surface area contributed by atoms with Gasteiger partial charge in [0.25, 0.3) is 0 Å². The minimum atomic E-state index is 0.491. The van der Waals surface area contributed by atoms with Crippen LogP contribution >= 0.6 is 0 Å². The van der Waals surface area contributed by atoms with Crippen LogP contribution in [0.2, 0.25) is 0 Å². The van der Waals surface area contributed by atoms with Crippen molar-refractivity contribution in [2.24, 2.45) is 5.92 Å².